The molecule has 0 saturated carbocycles. The van der Waals surface area contributed by atoms with Gasteiger partial charge in [0.1, 0.15) is 36.4 Å². The molecule has 3 amide bonds. The average molecular weight is 436 g/mol. The topological polar surface area (TPSA) is 246 Å². The molecule has 0 radical (unpaired) electrons. The lowest BCUT2D eigenvalue weighted by Gasteiger charge is -2.48. The van der Waals surface area contributed by atoms with Crippen LogP contribution in [0, 0.1) is 0 Å². The Balaban J connectivity index is 3.50. The van der Waals surface area contributed by atoms with Gasteiger partial charge in [0.25, 0.3) is 0 Å². The van der Waals surface area contributed by atoms with E-state index >= 15 is 0 Å². The number of aliphatic hydroxyl groups is 4. The van der Waals surface area contributed by atoms with Gasteiger partial charge in [-0.05, 0) is 6.42 Å². The number of carboxylic acids is 1. The number of nitrogens with two attached hydrogens (primary N) is 2. The van der Waals surface area contributed by atoms with Crippen LogP contribution in [-0.4, -0.2) is 110 Å². The van der Waals surface area contributed by atoms with Crippen molar-refractivity contribution >= 4 is 23.7 Å². The van der Waals surface area contributed by atoms with Crippen LogP contribution in [0.4, 0.5) is 0 Å². The van der Waals surface area contributed by atoms with Crippen LogP contribution in [0.25, 0.3) is 0 Å². The van der Waals surface area contributed by atoms with Crippen LogP contribution in [0.1, 0.15) is 19.8 Å². The molecular weight excluding hydrogens is 408 g/mol. The second-order valence-corrected chi connectivity index (χ2v) is 6.85. The fourth-order valence-corrected chi connectivity index (χ4v) is 3.11. The molecule has 0 bridgehead atoms. The van der Waals surface area contributed by atoms with Gasteiger partial charge < -0.3 is 47.1 Å². The molecule has 1 aliphatic heterocycles. The Morgan fingerprint density at radius 1 is 1.17 bits per heavy atom. The minimum atomic E-state index is -1.77. The normalized spacial score (nSPS) is 28.3. The number of hydrogen-bond acceptors (Lipinski definition) is 10. The number of aliphatic hydroxyl groups excluding tert-OH is 4. The predicted molar refractivity (Wildman–Crippen MR) is 97.1 cm³/mol. The van der Waals surface area contributed by atoms with Crippen molar-refractivity contribution in [2.45, 2.75) is 62.4 Å². The molecular formula is C16H28N4O10. The molecule has 14 heteroatoms. The average Bonchev–Trinajstić information content (AvgIpc) is 2.67. The Morgan fingerprint density at radius 2 is 1.77 bits per heavy atom. The molecule has 1 heterocycles. The molecule has 1 saturated heterocycles. The van der Waals surface area contributed by atoms with Gasteiger partial charge in [0, 0.05) is 13.3 Å². The van der Waals surface area contributed by atoms with Crippen molar-refractivity contribution in [2.75, 3.05) is 13.2 Å². The van der Waals surface area contributed by atoms with Crippen LogP contribution in [-0.2, 0) is 23.9 Å². The smallest absolute Gasteiger partial charge is 0.326 e. The summed E-state index contributed by atoms with van der Waals surface area (Å²) in [5, 5.41) is 51.1. The first-order valence-electron chi connectivity index (χ1n) is 9.05. The Labute approximate surface area is 171 Å². The summed E-state index contributed by atoms with van der Waals surface area (Å²) in [6.07, 6.45) is -7.52. The molecule has 1 unspecified atom stereocenters. The highest BCUT2D eigenvalue weighted by molar-refractivity contribution is 5.88. The van der Waals surface area contributed by atoms with Crippen molar-refractivity contribution < 1.29 is 49.4 Å². The number of hydrogen-bond donors (Lipinski definition) is 8. The van der Waals surface area contributed by atoms with Gasteiger partial charge in [-0.25, -0.2) is 4.79 Å². The third kappa shape index (κ3) is 6.07. The third-order valence-corrected chi connectivity index (χ3v) is 4.60. The number of carbonyl (C=O) groups is 4. The fourth-order valence-electron chi connectivity index (χ4n) is 3.11. The number of rotatable bonds is 10. The number of primary amides is 1. The lowest BCUT2D eigenvalue weighted by molar-refractivity contribution is -0.238. The molecule has 172 valence electrons. The lowest BCUT2D eigenvalue weighted by Crippen LogP contribution is -2.71. The van der Waals surface area contributed by atoms with E-state index in [9.17, 15) is 44.7 Å². The van der Waals surface area contributed by atoms with Crippen molar-refractivity contribution in [1.82, 2.24) is 10.2 Å². The summed E-state index contributed by atoms with van der Waals surface area (Å²) < 4.78 is 5.46. The van der Waals surface area contributed by atoms with E-state index in [2.05, 4.69) is 5.32 Å². The molecule has 14 nitrogen and oxygen atoms in total. The Bertz CT molecular complexity index is 648. The molecule has 1 fully saturated rings. The zero-order chi connectivity index (χ0) is 23.2. The second kappa shape index (κ2) is 11.1. The van der Waals surface area contributed by atoms with E-state index < -0.39 is 92.4 Å². The minimum absolute atomic E-state index is 0.443. The van der Waals surface area contributed by atoms with Crippen molar-refractivity contribution in [3.8, 4) is 0 Å². The SMILES string of the molecule is CC(=O)N[C@H]1C(N(C(=O)[C@@H](N)CO)[C@H](CCC(N)=O)C(=O)O)O[C@H](CO)[C@@H](O)[C@@H]1O. The number of nitrogens with zero attached hydrogens (tertiary/aromatic N) is 1. The largest absolute Gasteiger partial charge is 0.480 e. The maximum atomic E-state index is 12.8. The van der Waals surface area contributed by atoms with E-state index in [1.165, 1.54) is 0 Å². The van der Waals surface area contributed by atoms with Crippen LogP contribution in [0.5, 0.6) is 0 Å². The second-order valence-electron chi connectivity index (χ2n) is 6.85. The van der Waals surface area contributed by atoms with Gasteiger partial charge >= 0.3 is 5.97 Å². The van der Waals surface area contributed by atoms with Crippen LogP contribution in [0.2, 0.25) is 0 Å². The van der Waals surface area contributed by atoms with Gasteiger partial charge in [0.05, 0.1) is 13.2 Å². The molecule has 0 aliphatic carbocycles. The molecule has 1 aliphatic rings. The monoisotopic (exact) mass is 436 g/mol. The first-order chi connectivity index (χ1) is 14.0. The van der Waals surface area contributed by atoms with Crippen LogP contribution >= 0.6 is 0 Å². The first-order valence-corrected chi connectivity index (χ1v) is 9.05. The molecule has 10 N–H and O–H groups in total. The highest BCUT2D eigenvalue weighted by atomic mass is 16.5. The highest BCUT2D eigenvalue weighted by Gasteiger charge is 2.51. The number of ether oxygens (including phenoxy) is 1. The first kappa shape index (κ1) is 25.7. The zero-order valence-electron chi connectivity index (χ0n) is 16.2. The molecule has 0 aromatic heterocycles. The standard InChI is InChI=1S/C16H28N4O10/c1-6(23)19-11-13(26)12(25)9(5-22)30-15(11)20(14(27)7(17)4-21)8(16(28)29)2-3-10(18)24/h7-9,11-13,15,21-22,25-26H,2-5,17H2,1H3,(H2,18,24)(H,19,23)(H,28,29)/t7-,8+,9+,11+,12+,13+,15?/m0/s1. The highest BCUT2D eigenvalue weighted by Crippen LogP contribution is 2.27. The lowest BCUT2D eigenvalue weighted by atomic mass is 9.93. The predicted octanol–water partition coefficient (Wildman–Crippen LogP) is -5.20. The number of amides is 3. The van der Waals surface area contributed by atoms with Crippen molar-refractivity contribution in [1.29, 1.82) is 0 Å². The zero-order valence-corrected chi connectivity index (χ0v) is 16.2. The minimum Gasteiger partial charge on any atom is -0.480 e. The molecule has 0 spiro atoms. The van der Waals surface area contributed by atoms with Crippen molar-refractivity contribution in [3.05, 3.63) is 0 Å². The number of carboxylic acid groups (broad SMARTS) is 1. The van der Waals surface area contributed by atoms with Gasteiger partial charge in [-0.1, -0.05) is 0 Å². The molecule has 0 aromatic carbocycles. The van der Waals surface area contributed by atoms with Crippen LogP contribution in [0.15, 0.2) is 0 Å². The molecule has 1 rings (SSSR count). The molecule has 7 atom stereocenters. The van der Waals surface area contributed by atoms with Crippen molar-refractivity contribution in [3.63, 3.8) is 0 Å². The summed E-state index contributed by atoms with van der Waals surface area (Å²) in [5.74, 6) is -4.27. The van der Waals surface area contributed by atoms with E-state index in [0.29, 0.717) is 4.90 Å². The van der Waals surface area contributed by atoms with Gasteiger partial charge in [-0.3, -0.25) is 19.3 Å². The van der Waals surface area contributed by atoms with E-state index in [-0.39, 0.29) is 0 Å². The summed E-state index contributed by atoms with van der Waals surface area (Å²) in [7, 11) is 0. The summed E-state index contributed by atoms with van der Waals surface area (Å²) in [5.41, 5.74) is 10.6. The van der Waals surface area contributed by atoms with Crippen LogP contribution in [0.3, 0.4) is 0 Å². The summed E-state index contributed by atoms with van der Waals surface area (Å²) >= 11 is 0. The molecule has 30 heavy (non-hydrogen) atoms. The van der Waals surface area contributed by atoms with E-state index in [4.69, 9.17) is 16.2 Å². The maximum absolute atomic E-state index is 12.8. The number of nitrogens with one attached hydrogen (secondary N) is 1. The van der Waals surface area contributed by atoms with Crippen molar-refractivity contribution in [2.24, 2.45) is 11.5 Å². The summed E-state index contributed by atoms with van der Waals surface area (Å²) in [4.78, 5) is 48.0. The fraction of sp³-hybridized carbons (Fsp3) is 0.750. The van der Waals surface area contributed by atoms with Gasteiger partial charge in [-0.2, -0.15) is 0 Å². The Morgan fingerprint density at radius 3 is 2.20 bits per heavy atom. The summed E-state index contributed by atoms with van der Waals surface area (Å²) in [6.45, 7) is -0.611. The van der Waals surface area contributed by atoms with E-state index in [1.54, 1.807) is 0 Å². The Hall–Kier alpha value is -2.36. The maximum Gasteiger partial charge on any atom is 0.326 e. The quantitative estimate of drug-likeness (QED) is 0.161. The number of carbonyl (C=O) groups excluding carboxylic acids is 3. The van der Waals surface area contributed by atoms with Gasteiger partial charge in [0.2, 0.25) is 17.7 Å². The van der Waals surface area contributed by atoms with Gasteiger partial charge in [-0.15, -0.1) is 0 Å². The van der Waals surface area contributed by atoms with E-state index in [1.807, 2.05) is 0 Å². The number of aliphatic carboxylic acids is 1. The van der Waals surface area contributed by atoms with E-state index in [0.717, 1.165) is 6.92 Å². The van der Waals surface area contributed by atoms with Crippen LogP contribution < -0.4 is 16.8 Å². The third-order valence-electron chi connectivity index (χ3n) is 4.60. The molecule has 0 aromatic rings. The Kier molecular flexibility index (Phi) is 9.54. The summed E-state index contributed by atoms with van der Waals surface area (Å²) in [6, 6.07) is -4.88. The van der Waals surface area contributed by atoms with Gasteiger partial charge in [0.15, 0.2) is 6.23 Å².